The molecule has 0 heterocycles. The van der Waals surface area contributed by atoms with Crippen LogP contribution in [0.4, 0.5) is 0 Å². The van der Waals surface area contributed by atoms with Crippen LogP contribution in [0.15, 0.2) is 72.8 Å². The molecule has 194 valence electrons. The van der Waals surface area contributed by atoms with Crippen molar-refractivity contribution in [3.8, 4) is 5.75 Å². The summed E-state index contributed by atoms with van der Waals surface area (Å²) < 4.78 is 5.94. The minimum atomic E-state index is -0.639. The van der Waals surface area contributed by atoms with Gasteiger partial charge in [0.1, 0.15) is 11.8 Å². The maximum absolute atomic E-state index is 13.8. The number of rotatable bonds is 10. The van der Waals surface area contributed by atoms with E-state index in [1.807, 2.05) is 87.5 Å². The van der Waals surface area contributed by atoms with Crippen molar-refractivity contribution in [3.63, 3.8) is 0 Å². The lowest BCUT2D eigenvalue weighted by atomic mass is 10.0. The molecular weight excluding hydrogens is 460 g/mol. The fourth-order valence-electron chi connectivity index (χ4n) is 4.96. The zero-order chi connectivity index (χ0) is 26.2. The van der Waals surface area contributed by atoms with Crippen LogP contribution in [0.2, 0.25) is 0 Å². The minimum Gasteiger partial charge on any atom is -0.484 e. The van der Waals surface area contributed by atoms with Crippen molar-refractivity contribution in [2.24, 2.45) is 0 Å². The van der Waals surface area contributed by atoms with E-state index in [0.29, 0.717) is 18.7 Å². The lowest BCUT2D eigenvalue weighted by Gasteiger charge is -2.32. The Morgan fingerprint density at radius 3 is 2.32 bits per heavy atom. The first-order valence-corrected chi connectivity index (χ1v) is 13.3. The molecule has 4 rings (SSSR count). The van der Waals surface area contributed by atoms with E-state index in [1.54, 1.807) is 4.90 Å². The molecule has 5 heteroatoms. The van der Waals surface area contributed by atoms with E-state index in [1.165, 1.54) is 5.56 Å². The first-order valence-electron chi connectivity index (χ1n) is 13.3. The van der Waals surface area contributed by atoms with Gasteiger partial charge in [-0.1, -0.05) is 79.1 Å². The summed E-state index contributed by atoms with van der Waals surface area (Å²) in [5.74, 6) is 0.354. The Labute approximate surface area is 220 Å². The highest BCUT2D eigenvalue weighted by Gasteiger charge is 2.32. The number of hydrogen-bond acceptors (Lipinski definition) is 3. The van der Waals surface area contributed by atoms with Crippen LogP contribution in [0.25, 0.3) is 0 Å². The summed E-state index contributed by atoms with van der Waals surface area (Å²) in [4.78, 5) is 29.2. The Bertz CT molecular complexity index is 1200. The topological polar surface area (TPSA) is 58.6 Å². The predicted molar refractivity (Wildman–Crippen MR) is 147 cm³/mol. The van der Waals surface area contributed by atoms with Gasteiger partial charge in [-0.2, -0.15) is 0 Å². The molecule has 1 saturated carbocycles. The normalized spacial score (nSPS) is 14.2. The third-order valence-electron chi connectivity index (χ3n) is 7.25. The smallest absolute Gasteiger partial charge is 0.261 e. The molecule has 0 spiro atoms. The number of carbonyl (C=O) groups is 2. The van der Waals surface area contributed by atoms with E-state index in [9.17, 15) is 9.59 Å². The van der Waals surface area contributed by atoms with E-state index in [2.05, 4.69) is 11.4 Å². The molecule has 1 aliphatic carbocycles. The number of ether oxygens (including phenoxy) is 1. The van der Waals surface area contributed by atoms with Crippen LogP contribution in [0.1, 0.15) is 53.5 Å². The zero-order valence-electron chi connectivity index (χ0n) is 22.2. The van der Waals surface area contributed by atoms with Crippen LogP contribution < -0.4 is 10.1 Å². The highest BCUT2D eigenvalue weighted by molar-refractivity contribution is 5.88. The number of hydrogen-bond donors (Lipinski definition) is 1. The van der Waals surface area contributed by atoms with Crippen molar-refractivity contribution < 1.29 is 14.3 Å². The largest absolute Gasteiger partial charge is 0.484 e. The van der Waals surface area contributed by atoms with Gasteiger partial charge in [-0.3, -0.25) is 9.59 Å². The third-order valence-corrected chi connectivity index (χ3v) is 7.25. The molecule has 1 unspecified atom stereocenters. The molecule has 37 heavy (non-hydrogen) atoms. The third kappa shape index (κ3) is 7.45. The zero-order valence-corrected chi connectivity index (χ0v) is 22.2. The number of benzene rings is 3. The van der Waals surface area contributed by atoms with Crippen LogP contribution in [-0.4, -0.2) is 35.4 Å². The van der Waals surface area contributed by atoms with Gasteiger partial charge >= 0.3 is 0 Å². The average molecular weight is 499 g/mol. The second-order valence-electron chi connectivity index (χ2n) is 10.2. The van der Waals surface area contributed by atoms with Crippen molar-refractivity contribution in [2.75, 3.05) is 6.61 Å². The van der Waals surface area contributed by atoms with Crippen LogP contribution in [0, 0.1) is 20.8 Å². The van der Waals surface area contributed by atoms with E-state index in [4.69, 9.17) is 4.74 Å². The predicted octanol–water partition coefficient (Wildman–Crippen LogP) is 5.69. The van der Waals surface area contributed by atoms with Crippen molar-refractivity contribution in [1.29, 1.82) is 0 Å². The molecule has 0 radical (unpaired) electrons. The first-order chi connectivity index (χ1) is 17.9. The SMILES string of the molecule is Cc1cccc(CN(C(=O)COc2ccc(C)c(C)c2)C(Cc2ccccc2)C(=O)NC2CCCC2)c1. The van der Waals surface area contributed by atoms with Gasteiger partial charge in [0.2, 0.25) is 5.91 Å². The van der Waals surface area contributed by atoms with Gasteiger partial charge in [-0.15, -0.1) is 0 Å². The highest BCUT2D eigenvalue weighted by atomic mass is 16.5. The fraction of sp³-hybridized carbons (Fsp3) is 0.375. The van der Waals surface area contributed by atoms with Crippen molar-refractivity contribution in [1.82, 2.24) is 10.2 Å². The molecule has 1 aliphatic rings. The lowest BCUT2D eigenvalue weighted by Crippen LogP contribution is -2.53. The van der Waals surface area contributed by atoms with E-state index in [-0.39, 0.29) is 24.5 Å². The average Bonchev–Trinajstić information content (AvgIpc) is 3.40. The molecule has 0 aliphatic heterocycles. The number of nitrogens with zero attached hydrogens (tertiary/aromatic N) is 1. The van der Waals surface area contributed by atoms with Crippen LogP contribution in [0.3, 0.4) is 0 Å². The Morgan fingerprint density at radius 2 is 1.62 bits per heavy atom. The van der Waals surface area contributed by atoms with Gasteiger partial charge in [0.15, 0.2) is 6.61 Å². The lowest BCUT2D eigenvalue weighted by molar-refractivity contribution is -0.143. The molecule has 0 bridgehead atoms. The van der Waals surface area contributed by atoms with Crippen molar-refractivity contribution in [2.45, 2.75) is 71.5 Å². The quantitative estimate of drug-likeness (QED) is 0.391. The van der Waals surface area contributed by atoms with Gasteiger partial charge in [-0.05, 0) is 68.0 Å². The monoisotopic (exact) mass is 498 g/mol. The summed E-state index contributed by atoms with van der Waals surface area (Å²) in [5, 5.41) is 3.25. The molecule has 1 atom stereocenters. The number of nitrogens with one attached hydrogen (secondary N) is 1. The van der Waals surface area contributed by atoms with Crippen LogP contribution in [0.5, 0.6) is 5.75 Å². The number of aryl methyl sites for hydroxylation is 3. The Morgan fingerprint density at radius 1 is 0.892 bits per heavy atom. The number of carbonyl (C=O) groups excluding carboxylic acids is 2. The summed E-state index contributed by atoms with van der Waals surface area (Å²) in [5.41, 5.74) is 5.41. The summed E-state index contributed by atoms with van der Waals surface area (Å²) in [6, 6.07) is 23.4. The van der Waals surface area contributed by atoms with Gasteiger partial charge < -0.3 is 15.0 Å². The number of amides is 2. The van der Waals surface area contributed by atoms with Gasteiger partial charge in [0.05, 0.1) is 0 Å². The van der Waals surface area contributed by atoms with Crippen molar-refractivity contribution >= 4 is 11.8 Å². The van der Waals surface area contributed by atoms with Gasteiger partial charge in [-0.25, -0.2) is 0 Å². The van der Waals surface area contributed by atoms with Crippen LogP contribution >= 0.6 is 0 Å². The highest BCUT2D eigenvalue weighted by Crippen LogP contribution is 2.21. The molecule has 0 aromatic heterocycles. The molecule has 3 aromatic rings. The second-order valence-corrected chi connectivity index (χ2v) is 10.2. The Hall–Kier alpha value is -3.60. The maximum Gasteiger partial charge on any atom is 0.261 e. The fourth-order valence-corrected chi connectivity index (χ4v) is 4.96. The Kier molecular flexibility index (Phi) is 8.99. The van der Waals surface area contributed by atoms with E-state index >= 15 is 0 Å². The standard InChI is InChI=1S/C32H38N2O3/c1-23-10-9-13-27(18-23)21-34(31(35)22-37-29-17-16-24(2)25(3)19-29)30(20-26-11-5-4-6-12-26)32(36)33-28-14-7-8-15-28/h4-6,9-13,16-19,28,30H,7-8,14-15,20-22H2,1-3H3,(H,33,36). The van der Waals surface area contributed by atoms with Crippen molar-refractivity contribution in [3.05, 3.63) is 101 Å². The second kappa shape index (κ2) is 12.6. The molecule has 0 saturated heterocycles. The summed E-state index contributed by atoms with van der Waals surface area (Å²) in [6.45, 7) is 6.32. The minimum absolute atomic E-state index is 0.0945. The summed E-state index contributed by atoms with van der Waals surface area (Å²) in [6.07, 6.45) is 4.69. The van der Waals surface area contributed by atoms with Gasteiger partial charge in [0.25, 0.3) is 5.91 Å². The summed E-state index contributed by atoms with van der Waals surface area (Å²) in [7, 11) is 0. The maximum atomic E-state index is 13.8. The van der Waals surface area contributed by atoms with E-state index in [0.717, 1.165) is 47.9 Å². The molecule has 5 nitrogen and oxygen atoms in total. The molecule has 1 fully saturated rings. The first kappa shape index (κ1) is 26.5. The molecule has 2 amide bonds. The van der Waals surface area contributed by atoms with Crippen LogP contribution in [-0.2, 0) is 22.6 Å². The molecule has 1 N–H and O–H groups in total. The summed E-state index contributed by atoms with van der Waals surface area (Å²) >= 11 is 0. The molecule has 3 aromatic carbocycles. The molecular formula is C32H38N2O3. The van der Waals surface area contributed by atoms with Gasteiger partial charge in [0, 0.05) is 19.0 Å². The van der Waals surface area contributed by atoms with E-state index < -0.39 is 6.04 Å². The Balaban J connectivity index is 1.61.